The van der Waals surface area contributed by atoms with Crippen molar-refractivity contribution in [3.05, 3.63) is 131 Å². The van der Waals surface area contributed by atoms with Crippen molar-refractivity contribution in [2.24, 2.45) is 0 Å². The highest BCUT2D eigenvalue weighted by molar-refractivity contribution is 7.85. The van der Waals surface area contributed by atoms with E-state index in [1.54, 1.807) is 42.9 Å². The number of fused-ring (bicyclic) bond motifs is 1. The lowest BCUT2D eigenvalue weighted by molar-refractivity contribution is 0.589. The Bertz CT molecular complexity index is 2150. The van der Waals surface area contributed by atoms with Crippen LogP contribution in [0.2, 0.25) is 0 Å². The van der Waals surface area contributed by atoms with Crippen LogP contribution in [0.25, 0.3) is 22.2 Å². The average molecular weight is 646 g/mol. The van der Waals surface area contributed by atoms with Gasteiger partial charge in [-0.05, 0) is 72.6 Å². The Morgan fingerprint density at radius 2 is 1.70 bits per heavy atom. The fourth-order valence-corrected chi connectivity index (χ4v) is 7.07. The first-order valence-electron chi connectivity index (χ1n) is 15.3. The summed E-state index contributed by atoms with van der Waals surface area (Å²) in [6.45, 7) is 5.54. The Hall–Kier alpha value is -5.26. The molecule has 3 aromatic heterocycles. The van der Waals surface area contributed by atoms with Crippen LogP contribution < -0.4 is 21.1 Å². The van der Waals surface area contributed by atoms with Crippen molar-refractivity contribution in [2.75, 3.05) is 36.4 Å². The largest absolute Gasteiger partial charge is 0.369 e. The molecule has 0 bridgehead atoms. The first-order chi connectivity index (χ1) is 23.0. The van der Waals surface area contributed by atoms with Gasteiger partial charge < -0.3 is 15.5 Å². The van der Waals surface area contributed by atoms with E-state index in [2.05, 4.69) is 37.6 Å². The van der Waals surface area contributed by atoms with Crippen molar-refractivity contribution in [3.8, 4) is 11.1 Å². The van der Waals surface area contributed by atoms with Gasteiger partial charge in [0.2, 0.25) is 5.95 Å². The fourth-order valence-electron chi connectivity index (χ4n) is 5.85. The predicted molar refractivity (Wildman–Crippen MR) is 183 cm³/mol. The van der Waals surface area contributed by atoms with Crippen LogP contribution in [-0.2, 0) is 17.3 Å². The molecule has 9 nitrogen and oxygen atoms in total. The van der Waals surface area contributed by atoms with Gasteiger partial charge >= 0.3 is 0 Å². The van der Waals surface area contributed by atoms with Crippen molar-refractivity contribution in [2.45, 2.75) is 23.3 Å². The molecular weight excluding hydrogens is 614 g/mol. The van der Waals surface area contributed by atoms with Crippen molar-refractivity contribution in [1.82, 2.24) is 24.8 Å². The second-order valence-electron chi connectivity index (χ2n) is 11.3. The second-order valence-corrected chi connectivity index (χ2v) is 12.8. The molecule has 0 radical (unpaired) electrons. The molecular formula is C36H32FN7O2S. The number of hydrogen-bond acceptors (Lipinski definition) is 8. The smallest absolute Gasteiger partial charge is 0.260 e. The third-order valence-corrected chi connectivity index (χ3v) is 9.81. The number of nitrogens with one attached hydrogen (secondary N) is 2. The van der Waals surface area contributed by atoms with Crippen LogP contribution in [0.15, 0.2) is 118 Å². The lowest BCUT2D eigenvalue weighted by Gasteiger charge is -2.29. The minimum absolute atomic E-state index is 0.143. The van der Waals surface area contributed by atoms with Gasteiger partial charge in [0.05, 0.1) is 22.2 Å². The van der Waals surface area contributed by atoms with E-state index in [9.17, 15) is 9.00 Å². The number of nitrogens with zero attached hydrogens (tertiary/aromatic N) is 5. The minimum atomic E-state index is -1.71. The summed E-state index contributed by atoms with van der Waals surface area (Å²) >= 11 is 0. The number of benzene rings is 3. The SMILES string of the molecule is Cc1ccccc1-c1cc2cnc(Nc3ccc(N4CCNCC4)cc3)nc2n(Cc2c(F)cccc2S(=O)c2ccncc2)c1=O. The Balaban J connectivity index is 1.32. The van der Waals surface area contributed by atoms with Crippen molar-refractivity contribution in [1.29, 1.82) is 0 Å². The molecule has 1 atom stereocenters. The van der Waals surface area contributed by atoms with E-state index in [-0.39, 0.29) is 22.6 Å². The lowest BCUT2D eigenvalue weighted by Crippen LogP contribution is -2.43. The molecule has 1 aliphatic heterocycles. The van der Waals surface area contributed by atoms with E-state index in [0.29, 0.717) is 27.4 Å². The van der Waals surface area contributed by atoms with Crippen LogP contribution in [0.4, 0.5) is 21.7 Å². The van der Waals surface area contributed by atoms with Crippen LogP contribution in [-0.4, -0.2) is 49.9 Å². The highest BCUT2D eigenvalue weighted by Gasteiger charge is 2.21. The van der Waals surface area contributed by atoms with Gasteiger partial charge in [0.1, 0.15) is 11.5 Å². The van der Waals surface area contributed by atoms with Crippen LogP contribution in [0, 0.1) is 12.7 Å². The molecule has 236 valence electrons. The molecule has 1 fully saturated rings. The lowest BCUT2D eigenvalue weighted by atomic mass is 10.0. The maximum atomic E-state index is 15.7. The number of aryl methyl sites for hydroxylation is 1. The number of piperazine rings is 1. The second kappa shape index (κ2) is 13.2. The Morgan fingerprint density at radius 3 is 2.47 bits per heavy atom. The van der Waals surface area contributed by atoms with E-state index >= 15 is 4.39 Å². The maximum Gasteiger partial charge on any atom is 0.260 e. The highest BCUT2D eigenvalue weighted by Crippen LogP contribution is 2.28. The summed E-state index contributed by atoms with van der Waals surface area (Å²) in [7, 11) is -1.71. The normalized spacial score (nSPS) is 13.9. The molecule has 0 spiro atoms. The zero-order valence-electron chi connectivity index (χ0n) is 25.7. The van der Waals surface area contributed by atoms with Gasteiger partial charge in [-0.2, -0.15) is 4.98 Å². The van der Waals surface area contributed by atoms with E-state index < -0.39 is 16.6 Å². The molecule has 11 heteroatoms. The maximum absolute atomic E-state index is 15.7. The quantitative estimate of drug-likeness (QED) is 0.218. The Morgan fingerprint density at radius 1 is 0.936 bits per heavy atom. The van der Waals surface area contributed by atoms with Crippen LogP contribution >= 0.6 is 0 Å². The molecule has 7 rings (SSSR count). The van der Waals surface area contributed by atoms with Crippen molar-refractivity contribution in [3.63, 3.8) is 0 Å². The van der Waals surface area contributed by atoms with E-state index in [0.717, 1.165) is 48.7 Å². The standard InChI is InChI=1S/C36H32FN7O2S/c1-24-5-2-3-6-29(24)30-21-25-22-40-36(41-26-9-11-27(12-10-26)43-19-17-39-18-20-43)42-34(25)44(35(30)45)23-31-32(37)7-4-8-33(31)47(46)28-13-15-38-16-14-28/h2-16,21-22,39H,17-20,23H2,1H3,(H,40,41,42). The van der Waals surface area contributed by atoms with Gasteiger partial charge in [0, 0.05) is 77.6 Å². The summed E-state index contributed by atoms with van der Waals surface area (Å²) in [6, 6.07) is 25.2. The molecule has 3 aromatic carbocycles. The van der Waals surface area contributed by atoms with E-state index in [1.165, 1.54) is 16.7 Å². The first-order valence-corrected chi connectivity index (χ1v) is 16.5. The molecule has 1 unspecified atom stereocenters. The van der Waals surface area contributed by atoms with Crippen molar-refractivity contribution >= 4 is 39.2 Å². The summed E-state index contributed by atoms with van der Waals surface area (Å²) < 4.78 is 30.8. The molecule has 2 N–H and O–H groups in total. The number of anilines is 3. The van der Waals surface area contributed by atoms with Gasteiger partial charge in [-0.3, -0.25) is 14.3 Å². The van der Waals surface area contributed by atoms with Crippen LogP contribution in [0.5, 0.6) is 0 Å². The third kappa shape index (κ3) is 6.27. The first kappa shape index (κ1) is 30.4. The number of rotatable bonds is 8. The molecule has 4 heterocycles. The number of hydrogen-bond donors (Lipinski definition) is 2. The zero-order valence-corrected chi connectivity index (χ0v) is 26.5. The van der Waals surface area contributed by atoms with Crippen LogP contribution in [0.3, 0.4) is 0 Å². The summed E-state index contributed by atoms with van der Waals surface area (Å²) in [5.74, 6) is -0.276. The van der Waals surface area contributed by atoms with E-state index in [4.69, 9.17) is 4.98 Å². The summed E-state index contributed by atoms with van der Waals surface area (Å²) in [5, 5.41) is 7.23. The Kier molecular flexibility index (Phi) is 8.56. The summed E-state index contributed by atoms with van der Waals surface area (Å²) in [6.07, 6.45) is 4.74. The summed E-state index contributed by atoms with van der Waals surface area (Å²) in [4.78, 5) is 30.8. The molecule has 0 aliphatic carbocycles. The summed E-state index contributed by atoms with van der Waals surface area (Å²) in [5.41, 5.74) is 4.17. The number of halogens is 1. The predicted octanol–water partition coefficient (Wildman–Crippen LogP) is 5.67. The molecule has 47 heavy (non-hydrogen) atoms. The molecule has 0 amide bonds. The Labute approximate surface area is 273 Å². The third-order valence-electron chi connectivity index (χ3n) is 8.32. The van der Waals surface area contributed by atoms with Crippen molar-refractivity contribution < 1.29 is 8.60 Å². The minimum Gasteiger partial charge on any atom is -0.369 e. The molecule has 6 aromatic rings. The topological polar surface area (TPSA) is 105 Å². The van der Waals surface area contributed by atoms with Crippen LogP contribution in [0.1, 0.15) is 11.1 Å². The molecule has 1 aliphatic rings. The van der Waals surface area contributed by atoms with E-state index in [1.807, 2.05) is 43.3 Å². The highest BCUT2D eigenvalue weighted by atomic mass is 32.2. The monoisotopic (exact) mass is 645 g/mol. The zero-order chi connectivity index (χ0) is 32.3. The van der Waals surface area contributed by atoms with Gasteiger partial charge in [0.15, 0.2) is 0 Å². The molecule has 0 saturated carbocycles. The fraction of sp³-hybridized carbons (Fsp3) is 0.167. The van der Waals surface area contributed by atoms with Gasteiger partial charge in [-0.1, -0.05) is 30.3 Å². The number of pyridine rings is 2. The van der Waals surface area contributed by atoms with Gasteiger partial charge in [0.25, 0.3) is 5.56 Å². The average Bonchev–Trinajstić information content (AvgIpc) is 3.11. The van der Waals surface area contributed by atoms with Gasteiger partial charge in [-0.25, -0.2) is 13.6 Å². The number of aromatic nitrogens is 4. The molecule has 1 saturated heterocycles. The van der Waals surface area contributed by atoms with Gasteiger partial charge in [-0.15, -0.1) is 0 Å².